The summed E-state index contributed by atoms with van der Waals surface area (Å²) in [4.78, 5) is 14.4. The minimum absolute atomic E-state index is 0.137. The number of carbonyl (C=O) groups excluding carboxylic acids is 1. The molecule has 5 nitrogen and oxygen atoms in total. The Kier molecular flexibility index (Phi) is 4.89. The van der Waals surface area contributed by atoms with Gasteiger partial charge in [0, 0.05) is 19.2 Å². The Morgan fingerprint density at radius 3 is 2.60 bits per heavy atom. The molecule has 3 rings (SSSR count). The van der Waals surface area contributed by atoms with E-state index in [1.807, 2.05) is 30.3 Å². The van der Waals surface area contributed by atoms with Crippen LogP contribution in [-0.2, 0) is 11.8 Å². The van der Waals surface area contributed by atoms with E-state index in [1.54, 1.807) is 11.0 Å². The number of piperidine rings is 1. The first kappa shape index (κ1) is 17.2. The van der Waals surface area contributed by atoms with Gasteiger partial charge in [-0.15, -0.1) is 0 Å². The minimum atomic E-state index is -0.512. The molecule has 1 aliphatic rings. The van der Waals surface area contributed by atoms with Crippen LogP contribution in [-0.4, -0.2) is 29.1 Å². The van der Waals surface area contributed by atoms with Gasteiger partial charge < -0.3 is 9.42 Å². The third-order valence-corrected chi connectivity index (χ3v) is 4.83. The van der Waals surface area contributed by atoms with Gasteiger partial charge in [0.1, 0.15) is 0 Å². The monoisotopic (exact) mass is 337 g/mol. The van der Waals surface area contributed by atoms with Gasteiger partial charge in [0.05, 0.1) is 17.2 Å². The molecule has 0 atom stereocenters. The van der Waals surface area contributed by atoms with Crippen molar-refractivity contribution in [1.29, 1.82) is 5.26 Å². The maximum absolute atomic E-state index is 12.6. The zero-order chi connectivity index (χ0) is 17.9. The second-order valence-electron chi connectivity index (χ2n) is 7.13. The van der Waals surface area contributed by atoms with Crippen molar-refractivity contribution in [1.82, 2.24) is 10.1 Å². The van der Waals surface area contributed by atoms with Gasteiger partial charge in [0.25, 0.3) is 5.91 Å². The summed E-state index contributed by atoms with van der Waals surface area (Å²) in [5, 5.41) is 13.7. The van der Waals surface area contributed by atoms with Crippen LogP contribution >= 0.6 is 0 Å². The Morgan fingerprint density at radius 2 is 2.00 bits per heavy atom. The largest absolute Gasteiger partial charge is 0.351 e. The highest BCUT2D eigenvalue weighted by Crippen LogP contribution is 2.35. The first-order valence-corrected chi connectivity index (χ1v) is 8.76. The molecule has 25 heavy (non-hydrogen) atoms. The lowest BCUT2D eigenvalue weighted by Gasteiger charge is -2.37. The van der Waals surface area contributed by atoms with Crippen LogP contribution < -0.4 is 0 Å². The maximum atomic E-state index is 12.6. The second kappa shape index (κ2) is 7.10. The third kappa shape index (κ3) is 3.58. The highest BCUT2D eigenvalue weighted by Gasteiger charge is 2.38. The summed E-state index contributed by atoms with van der Waals surface area (Å²) in [5.74, 6) is 0.618. The quantitative estimate of drug-likeness (QED) is 0.855. The summed E-state index contributed by atoms with van der Waals surface area (Å²) in [7, 11) is 0. The molecule has 1 amide bonds. The summed E-state index contributed by atoms with van der Waals surface area (Å²) in [6.07, 6.45) is 2.06. The van der Waals surface area contributed by atoms with Gasteiger partial charge in [-0.25, -0.2) is 0 Å². The molecule has 0 radical (unpaired) electrons. The van der Waals surface area contributed by atoms with Crippen molar-refractivity contribution < 1.29 is 9.32 Å². The van der Waals surface area contributed by atoms with Crippen LogP contribution in [0.1, 0.15) is 48.5 Å². The van der Waals surface area contributed by atoms with Gasteiger partial charge in [0.15, 0.2) is 0 Å². The van der Waals surface area contributed by atoms with Gasteiger partial charge in [0.2, 0.25) is 5.76 Å². The van der Waals surface area contributed by atoms with Gasteiger partial charge in [-0.05, 0) is 30.7 Å². The lowest BCUT2D eigenvalue weighted by molar-refractivity contribution is 0.0650. The van der Waals surface area contributed by atoms with Crippen LogP contribution in [0.15, 0.2) is 40.9 Å². The Balaban J connectivity index is 1.68. The Hall–Kier alpha value is -2.61. The van der Waals surface area contributed by atoms with Crippen LogP contribution in [0.25, 0.3) is 0 Å². The highest BCUT2D eigenvalue weighted by atomic mass is 16.5. The fourth-order valence-corrected chi connectivity index (χ4v) is 3.40. The smallest absolute Gasteiger partial charge is 0.292 e. The van der Waals surface area contributed by atoms with Crippen LogP contribution in [0.5, 0.6) is 0 Å². The molecular formula is C20H23N3O2. The number of likely N-dealkylation sites (tertiary alicyclic amines) is 1. The number of hydrogen-bond donors (Lipinski definition) is 0. The molecule has 130 valence electrons. The van der Waals surface area contributed by atoms with E-state index < -0.39 is 5.41 Å². The summed E-state index contributed by atoms with van der Waals surface area (Å²) in [5.41, 5.74) is 1.33. The molecule has 0 N–H and O–H groups in total. The van der Waals surface area contributed by atoms with Crippen LogP contribution in [0.2, 0.25) is 0 Å². The summed E-state index contributed by atoms with van der Waals surface area (Å²) < 4.78 is 5.24. The van der Waals surface area contributed by atoms with E-state index in [4.69, 9.17) is 4.52 Å². The van der Waals surface area contributed by atoms with Crippen LogP contribution in [0, 0.1) is 17.2 Å². The molecule has 5 heteroatoms. The number of nitrogens with zero attached hydrogens (tertiary/aromatic N) is 3. The van der Waals surface area contributed by atoms with Gasteiger partial charge in [-0.3, -0.25) is 4.79 Å². The van der Waals surface area contributed by atoms with E-state index in [0.717, 1.165) is 17.7 Å². The molecule has 0 saturated carbocycles. The van der Waals surface area contributed by atoms with Crippen molar-refractivity contribution in [3.05, 3.63) is 53.4 Å². The van der Waals surface area contributed by atoms with Crippen molar-refractivity contribution in [2.24, 2.45) is 5.92 Å². The topological polar surface area (TPSA) is 70.1 Å². The minimum Gasteiger partial charge on any atom is -0.351 e. The molecule has 2 heterocycles. The normalized spacial score (nSPS) is 16.6. The van der Waals surface area contributed by atoms with E-state index >= 15 is 0 Å². The van der Waals surface area contributed by atoms with Crippen molar-refractivity contribution >= 4 is 5.91 Å². The lowest BCUT2D eigenvalue weighted by Crippen LogP contribution is -2.44. The maximum Gasteiger partial charge on any atom is 0.292 e. The van der Waals surface area contributed by atoms with Crippen molar-refractivity contribution in [2.45, 2.75) is 38.5 Å². The molecule has 1 saturated heterocycles. The lowest BCUT2D eigenvalue weighted by atomic mass is 9.74. The molecule has 0 spiro atoms. The number of rotatable bonds is 4. The molecule has 0 unspecified atom stereocenters. The molecule has 0 bridgehead atoms. The number of aromatic nitrogens is 1. The van der Waals surface area contributed by atoms with E-state index in [1.165, 1.54) is 0 Å². The molecule has 0 aliphatic carbocycles. The van der Waals surface area contributed by atoms with Gasteiger partial charge in [-0.1, -0.05) is 49.3 Å². The van der Waals surface area contributed by atoms with Crippen molar-refractivity contribution in [3.63, 3.8) is 0 Å². The molecule has 2 aromatic rings. The van der Waals surface area contributed by atoms with Crippen molar-refractivity contribution in [3.8, 4) is 6.07 Å². The summed E-state index contributed by atoms with van der Waals surface area (Å²) in [6, 6.07) is 14.1. The number of benzene rings is 1. The van der Waals surface area contributed by atoms with Crippen LogP contribution in [0.3, 0.4) is 0 Å². The average molecular weight is 337 g/mol. The fraction of sp³-hybridized carbons (Fsp3) is 0.450. The van der Waals surface area contributed by atoms with E-state index in [9.17, 15) is 10.1 Å². The average Bonchev–Trinajstić information content (AvgIpc) is 3.09. The standard InChI is InChI=1S/C20H23N3O2/c1-15(2)12-17-13-18(25-22-17)19(24)23-10-8-20(14-21,9-11-23)16-6-4-3-5-7-16/h3-7,13,15H,8-12H2,1-2H3. The first-order chi connectivity index (χ1) is 12.0. The van der Waals surface area contributed by atoms with Crippen molar-refractivity contribution in [2.75, 3.05) is 13.1 Å². The fourth-order valence-electron chi connectivity index (χ4n) is 3.40. The molecular weight excluding hydrogens is 314 g/mol. The number of hydrogen-bond acceptors (Lipinski definition) is 4. The van der Waals surface area contributed by atoms with E-state index in [-0.39, 0.29) is 5.91 Å². The second-order valence-corrected chi connectivity index (χ2v) is 7.13. The first-order valence-electron chi connectivity index (χ1n) is 8.76. The molecule has 1 aliphatic heterocycles. The number of nitriles is 1. The Morgan fingerprint density at radius 1 is 1.32 bits per heavy atom. The highest BCUT2D eigenvalue weighted by molar-refractivity contribution is 5.91. The predicted octanol–water partition coefficient (Wildman–Crippen LogP) is 3.57. The Bertz CT molecular complexity index is 766. The number of amides is 1. The SMILES string of the molecule is CC(C)Cc1cc(C(=O)N2CCC(C#N)(c3ccccc3)CC2)on1. The molecule has 1 aromatic heterocycles. The summed E-state index contributed by atoms with van der Waals surface area (Å²) in [6.45, 7) is 5.29. The Labute approximate surface area is 148 Å². The molecule has 1 aromatic carbocycles. The number of carbonyl (C=O) groups is 1. The van der Waals surface area contributed by atoms with Crippen LogP contribution in [0.4, 0.5) is 0 Å². The molecule has 1 fully saturated rings. The third-order valence-electron chi connectivity index (χ3n) is 4.83. The van der Waals surface area contributed by atoms with Gasteiger partial charge >= 0.3 is 0 Å². The predicted molar refractivity (Wildman–Crippen MR) is 93.9 cm³/mol. The zero-order valence-electron chi connectivity index (χ0n) is 14.7. The van der Waals surface area contributed by atoms with E-state index in [0.29, 0.717) is 37.6 Å². The zero-order valence-corrected chi connectivity index (χ0v) is 14.7. The van der Waals surface area contributed by atoms with E-state index in [2.05, 4.69) is 25.1 Å². The summed E-state index contributed by atoms with van der Waals surface area (Å²) >= 11 is 0. The van der Waals surface area contributed by atoms with Gasteiger partial charge in [-0.2, -0.15) is 5.26 Å².